The minimum Gasteiger partial charge on any atom is -0.481 e. The van der Waals surface area contributed by atoms with Crippen molar-refractivity contribution >= 4 is 81.9 Å². The zero-order valence-corrected chi connectivity index (χ0v) is 41.9. The number of aromatic amines is 1. The van der Waals surface area contributed by atoms with Gasteiger partial charge in [0.2, 0.25) is 47.3 Å². The molecule has 0 aliphatic heterocycles. The Labute approximate surface area is 416 Å². The smallest absolute Gasteiger partial charge is 0.328 e. The molecule has 2 aromatic rings. The average Bonchev–Trinajstić information content (AvgIpc) is 3.70. The quantitative estimate of drug-likeness (QED) is 0.0347. The monoisotopic (exact) mass is 1020 g/mol. The number of aliphatic carboxylic acids is 2. The predicted octanol–water partition coefficient (Wildman–Crippen LogP) is -1.91. The number of carboxylic acids is 2. The van der Waals surface area contributed by atoms with E-state index in [2.05, 4.69) is 47.5 Å². The lowest BCUT2D eigenvalue weighted by Gasteiger charge is -2.27. The average molecular weight is 1020 g/mol. The molecule has 1 aromatic carbocycles. The molecule has 0 spiro atoms. The molecule has 24 nitrogen and oxygen atoms in total. The van der Waals surface area contributed by atoms with E-state index in [9.17, 15) is 58.2 Å². The number of thioether (sulfide) groups is 1. The number of benzene rings is 1. The Morgan fingerprint density at radius 2 is 1.18 bits per heavy atom. The summed E-state index contributed by atoms with van der Waals surface area (Å²) in [4.78, 5) is 133. The summed E-state index contributed by atoms with van der Waals surface area (Å²) in [6.45, 7) is 7.38. The van der Waals surface area contributed by atoms with Crippen molar-refractivity contribution in [2.75, 3.05) is 31.6 Å². The van der Waals surface area contributed by atoms with Crippen LogP contribution < -0.4 is 54.0 Å². The van der Waals surface area contributed by atoms with Crippen LogP contribution in [0.3, 0.4) is 0 Å². The number of unbranched alkanes of at least 4 members (excludes halogenated alkanes) is 1. The van der Waals surface area contributed by atoms with Crippen LogP contribution in [0.15, 0.2) is 30.5 Å². The van der Waals surface area contributed by atoms with Gasteiger partial charge in [-0.15, -0.1) is 0 Å². The number of aromatic nitrogens is 1. The third-order valence-corrected chi connectivity index (χ3v) is 11.5. The van der Waals surface area contributed by atoms with Crippen molar-refractivity contribution in [2.45, 2.75) is 134 Å². The summed E-state index contributed by atoms with van der Waals surface area (Å²) in [5, 5.41) is 49.3. The van der Waals surface area contributed by atoms with E-state index in [-0.39, 0.29) is 50.5 Å². The zero-order valence-electron chi connectivity index (χ0n) is 41.1. The van der Waals surface area contributed by atoms with E-state index < -0.39 is 127 Å². The number of rotatable bonds is 33. The number of fused-ring (bicyclic) bond motifs is 1. The van der Waals surface area contributed by atoms with Crippen LogP contribution in [0, 0.1) is 11.8 Å². The molecule has 0 aliphatic carbocycles. The van der Waals surface area contributed by atoms with Crippen molar-refractivity contribution in [2.24, 2.45) is 23.3 Å². The van der Waals surface area contributed by atoms with Gasteiger partial charge in [-0.1, -0.05) is 45.9 Å². The molecule has 16 N–H and O–H groups in total. The van der Waals surface area contributed by atoms with E-state index in [1.165, 1.54) is 18.7 Å². The topological polar surface area (TPSA) is 395 Å². The maximum atomic E-state index is 14.4. The summed E-state index contributed by atoms with van der Waals surface area (Å²) in [6.07, 6.45) is 2.43. The molecule has 1 aromatic heterocycles. The number of carbonyl (C=O) groups excluding carboxylic acids is 8. The minimum atomic E-state index is -1.66. The van der Waals surface area contributed by atoms with Gasteiger partial charge in [-0.25, -0.2) is 4.79 Å². The predicted molar refractivity (Wildman–Crippen MR) is 264 cm³/mol. The lowest BCUT2D eigenvalue weighted by atomic mass is 10.00. The molecule has 71 heavy (non-hydrogen) atoms. The molecule has 8 atom stereocenters. The van der Waals surface area contributed by atoms with Gasteiger partial charge in [0.05, 0.1) is 31.7 Å². The highest BCUT2D eigenvalue weighted by Gasteiger charge is 2.34. The van der Waals surface area contributed by atoms with Crippen molar-refractivity contribution in [1.82, 2.24) is 47.5 Å². The number of hydrogen-bond donors (Lipinski definition) is 14. The normalized spacial score (nSPS) is 14.6. The lowest BCUT2D eigenvalue weighted by Crippen LogP contribution is -2.60. The number of nitrogens with two attached hydrogens (primary N) is 2. The first kappa shape index (κ1) is 60.8. The Morgan fingerprint density at radius 1 is 0.648 bits per heavy atom. The molecule has 0 aliphatic rings. The highest BCUT2D eigenvalue weighted by Crippen LogP contribution is 2.20. The maximum absolute atomic E-state index is 14.4. The van der Waals surface area contributed by atoms with Gasteiger partial charge in [0.25, 0.3) is 0 Å². The molecular formula is C46H73N11O13S. The van der Waals surface area contributed by atoms with Crippen LogP contribution in [0.25, 0.3) is 10.9 Å². The van der Waals surface area contributed by atoms with Crippen LogP contribution in [0.4, 0.5) is 0 Å². The SMILES string of the molecule is CSCC[C@H](NC(=O)[C@H](CCCCN)NC(=O)[C@H](Cc1c[nH]c2ccccc12)NC(=O)[C@H](CC(C)C)NC(=O)CNC(=O)CNC(=O)[C@H](CC(C)C)NC(=O)[C@@H](N)CC(=O)O)C(=O)N[C@H](C(=O)O)[C@@H](C)O. The zero-order chi connectivity index (χ0) is 53.4. The van der Waals surface area contributed by atoms with Gasteiger partial charge < -0.3 is 74.3 Å². The second-order valence-corrected chi connectivity index (χ2v) is 19.0. The van der Waals surface area contributed by atoms with Crippen molar-refractivity contribution in [3.8, 4) is 0 Å². The summed E-state index contributed by atoms with van der Waals surface area (Å²) >= 11 is 1.37. The van der Waals surface area contributed by atoms with Gasteiger partial charge in [0.15, 0.2) is 6.04 Å². The molecule has 0 radical (unpaired) electrons. The molecule has 0 saturated carbocycles. The fraction of sp³-hybridized carbons (Fsp3) is 0.609. The Kier molecular flexibility index (Phi) is 26.7. The molecule has 396 valence electrons. The summed E-state index contributed by atoms with van der Waals surface area (Å²) in [6, 6.07) is -2.09. The Balaban J connectivity index is 2.32. The first-order valence-electron chi connectivity index (χ1n) is 23.5. The number of amides is 8. The number of hydrogen-bond acceptors (Lipinski definition) is 14. The molecule has 8 amide bonds. The van der Waals surface area contributed by atoms with Crippen LogP contribution in [0.1, 0.15) is 85.1 Å². The summed E-state index contributed by atoms with van der Waals surface area (Å²) in [5.41, 5.74) is 12.7. The van der Waals surface area contributed by atoms with Crippen molar-refractivity contribution in [3.63, 3.8) is 0 Å². The summed E-state index contributed by atoms with van der Waals surface area (Å²) < 4.78 is 0. The van der Waals surface area contributed by atoms with Gasteiger partial charge in [-0.2, -0.15) is 11.8 Å². The van der Waals surface area contributed by atoms with E-state index in [1.54, 1.807) is 46.2 Å². The van der Waals surface area contributed by atoms with Gasteiger partial charge in [-0.05, 0) is 87.5 Å². The van der Waals surface area contributed by atoms with E-state index in [0.29, 0.717) is 24.2 Å². The van der Waals surface area contributed by atoms with Gasteiger partial charge in [-0.3, -0.25) is 43.2 Å². The molecule has 0 fully saturated rings. The van der Waals surface area contributed by atoms with Crippen molar-refractivity contribution in [3.05, 3.63) is 36.0 Å². The number of carboxylic acid groups (broad SMARTS) is 2. The van der Waals surface area contributed by atoms with Crippen LogP contribution in [-0.4, -0.2) is 160 Å². The Morgan fingerprint density at radius 3 is 1.76 bits per heavy atom. The van der Waals surface area contributed by atoms with Gasteiger partial charge >= 0.3 is 11.9 Å². The van der Waals surface area contributed by atoms with Crippen molar-refractivity contribution in [1.29, 1.82) is 0 Å². The highest BCUT2D eigenvalue weighted by molar-refractivity contribution is 7.98. The largest absolute Gasteiger partial charge is 0.481 e. The first-order valence-corrected chi connectivity index (χ1v) is 24.8. The highest BCUT2D eigenvalue weighted by atomic mass is 32.2. The van der Waals surface area contributed by atoms with E-state index in [1.807, 2.05) is 18.2 Å². The summed E-state index contributed by atoms with van der Waals surface area (Å²) in [5.74, 6) is -9.08. The number of aliphatic hydroxyl groups excluding tert-OH is 1. The molecule has 25 heteroatoms. The van der Waals surface area contributed by atoms with Crippen LogP contribution in [0.5, 0.6) is 0 Å². The second-order valence-electron chi connectivity index (χ2n) is 18.0. The van der Waals surface area contributed by atoms with Gasteiger partial charge in [0, 0.05) is 23.5 Å². The molecule has 1 heterocycles. The number of carbonyl (C=O) groups is 10. The third kappa shape index (κ3) is 22.1. The van der Waals surface area contributed by atoms with E-state index in [0.717, 1.165) is 10.9 Å². The minimum absolute atomic E-state index is 0.0602. The molecular weight excluding hydrogens is 947 g/mol. The van der Waals surface area contributed by atoms with Crippen LogP contribution in [-0.2, 0) is 54.4 Å². The number of H-pyrrole nitrogens is 1. The van der Waals surface area contributed by atoms with Crippen molar-refractivity contribution < 1.29 is 63.3 Å². The first-order chi connectivity index (χ1) is 33.5. The number of aliphatic hydroxyl groups is 1. The fourth-order valence-electron chi connectivity index (χ4n) is 7.20. The molecule has 0 saturated heterocycles. The second kappa shape index (κ2) is 31.1. The van der Waals surface area contributed by atoms with E-state index in [4.69, 9.17) is 16.6 Å². The third-order valence-electron chi connectivity index (χ3n) is 10.9. The molecule has 2 rings (SSSR count). The van der Waals surface area contributed by atoms with E-state index >= 15 is 0 Å². The summed E-state index contributed by atoms with van der Waals surface area (Å²) in [7, 11) is 0. The van der Waals surface area contributed by atoms with Gasteiger partial charge in [0.1, 0.15) is 30.2 Å². The number of para-hydroxylation sites is 1. The van der Waals surface area contributed by atoms with Crippen LogP contribution in [0.2, 0.25) is 0 Å². The maximum Gasteiger partial charge on any atom is 0.328 e. The lowest BCUT2D eigenvalue weighted by molar-refractivity contribution is -0.145. The molecule has 0 unspecified atom stereocenters. The Bertz CT molecular complexity index is 2140. The van der Waals surface area contributed by atoms with Crippen LogP contribution >= 0.6 is 11.8 Å². The number of nitrogens with one attached hydrogen (secondary N) is 9. The molecule has 0 bridgehead atoms. The standard InChI is InChI=1S/C46H73N11O13S/c1-24(2)17-33(55-40(63)29(48)20-38(61)62)41(64)51-22-36(59)50-23-37(60)52-34(18-25(3)4)44(67)56-35(19-27-21-49-30-12-8-7-11-28(27)30)45(68)53-31(13-9-10-15-47)42(65)54-32(14-16-71-6)43(66)57-39(26(5)58)46(69)70/h7-8,11-12,21,24-26,29,31-35,39,49,58H,9-10,13-20,22-23,47-48H2,1-6H3,(H,50,59)(H,51,64)(H,52,60)(H,53,68)(H,54,65)(H,55,63)(H,56,67)(H,57,66)(H,61,62)(H,69,70)/t26-,29+,31+,32+,33+,34+,35+,39+/m1/s1. The Hall–Kier alpha value is -6.31. The fourth-order valence-corrected chi connectivity index (χ4v) is 7.67.